The molecule has 0 radical (unpaired) electrons. The molecule has 0 saturated heterocycles. The van der Waals surface area contributed by atoms with E-state index in [2.05, 4.69) is 20.8 Å². The Morgan fingerprint density at radius 3 is 1.90 bits per heavy atom. The fourth-order valence-corrected chi connectivity index (χ4v) is 1.74. The average Bonchev–Trinajstić information content (AvgIpc) is 2.45. The van der Waals surface area contributed by atoms with E-state index in [1.54, 1.807) is 0 Å². The molecule has 0 spiro atoms. The summed E-state index contributed by atoms with van der Waals surface area (Å²) in [5.74, 6) is 0. The summed E-state index contributed by atoms with van der Waals surface area (Å²) < 4.78 is 0. The van der Waals surface area contributed by atoms with E-state index in [1.807, 2.05) is 0 Å². The summed E-state index contributed by atoms with van der Waals surface area (Å²) in [6.07, 6.45) is 3.63. The molecule has 1 saturated carbocycles. The predicted molar refractivity (Wildman–Crippen MR) is 42.8 cm³/mol. The Hall–Kier alpha value is -0.0400. The van der Waals surface area contributed by atoms with E-state index >= 15 is 0 Å². The van der Waals surface area contributed by atoms with Crippen LogP contribution in [-0.2, 0) is 0 Å². The van der Waals surface area contributed by atoms with E-state index < -0.39 is 0 Å². The van der Waals surface area contributed by atoms with Gasteiger partial charge in [0.25, 0.3) is 0 Å². The van der Waals surface area contributed by atoms with Crippen molar-refractivity contribution in [1.29, 1.82) is 0 Å². The third-order valence-electron chi connectivity index (χ3n) is 3.03. The Kier molecular flexibility index (Phi) is 1.80. The summed E-state index contributed by atoms with van der Waals surface area (Å²) in [7, 11) is 0. The molecule has 1 aliphatic carbocycles. The summed E-state index contributed by atoms with van der Waals surface area (Å²) in [4.78, 5) is 0. The molecular weight excluding hydrogens is 124 g/mol. The zero-order valence-electron chi connectivity index (χ0n) is 7.28. The van der Waals surface area contributed by atoms with Crippen LogP contribution in [0.5, 0.6) is 0 Å². The second-order valence-electron chi connectivity index (χ2n) is 4.50. The van der Waals surface area contributed by atoms with Gasteiger partial charge in [0.05, 0.1) is 0 Å². The van der Waals surface area contributed by atoms with Crippen molar-refractivity contribution in [2.24, 2.45) is 10.8 Å². The predicted octanol–water partition coefficient (Wildman–Crippen LogP) is 2.20. The van der Waals surface area contributed by atoms with Gasteiger partial charge in [0.15, 0.2) is 0 Å². The number of aliphatic hydroxyl groups excluding tert-OH is 1. The summed E-state index contributed by atoms with van der Waals surface area (Å²) in [5, 5.41) is 8.81. The third kappa shape index (κ3) is 1.20. The maximum atomic E-state index is 8.81. The third-order valence-corrected chi connectivity index (χ3v) is 3.03. The Balaban J connectivity index is 2.52. The Morgan fingerprint density at radius 1 is 1.30 bits per heavy atom. The van der Waals surface area contributed by atoms with Crippen LogP contribution in [0.3, 0.4) is 0 Å². The molecule has 60 valence electrons. The minimum atomic E-state index is 0.358. The molecule has 0 aromatic carbocycles. The summed E-state index contributed by atoms with van der Waals surface area (Å²) >= 11 is 0. The van der Waals surface area contributed by atoms with Crippen molar-refractivity contribution >= 4 is 0 Å². The maximum Gasteiger partial charge on any atom is 0.0436 e. The quantitative estimate of drug-likeness (QED) is 0.626. The fraction of sp³-hybridized carbons (Fsp3) is 1.00. The minimum Gasteiger partial charge on any atom is -0.396 e. The first-order valence-corrected chi connectivity index (χ1v) is 4.13. The van der Waals surface area contributed by atoms with Gasteiger partial charge in [0, 0.05) is 6.61 Å². The van der Waals surface area contributed by atoms with Gasteiger partial charge in [-0.25, -0.2) is 0 Å². The summed E-state index contributed by atoms with van der Waals surface area (Å²) in [6.45, 7) is 7.18. The Labute approximate surface area is 63.4 Å². The summed E-state index contributed by atoms with van der Waals surface area (Å²) in [5.41, 5.74) is 0.886. The maximum absolute atomic E-state index is 8.81. The van der Waals surface area contributed by atoms with Crippen molar-refractivity contribution in [3.8, 4) is 0 Å². The zero-order valence-corrected chi connectivity index (χ0v) is 7.28. The molecule has 1 fully saturated rings. The first-order valence-electron chi connectivity index (χ1n) is 4.13. The van der Waals surface area contributed by atoms with E-state index in [-0.39, 0.29) is 0 Å². The molecule has 10 heavy (non-hydrogen) atoms. The van der Waals surface area contributed by atoms with Gasteiger partial charge in [-0.05, 0) is 30.1 Å². The molecule has 0 bridgehead atoms. The van der Waals surface area contributed by atoms with Gasteiger partial charge >= 0.3 is 0 Å². The van der Waals surface area contributed by atoms with Crippen LogP contribution in [-0.4, -0.2) is 11.7 Å². The lowest BCUT2D eigenvalue weighted by Gasteiger charge is -2.30. The lowest BCUT2D eigenvalue weighted by atomic mass is 9.76. The van der Waals surface area contributed by atoms with Gasteiger partial charge in [-0.3, -0.25) is 0 Å². The van der Waals surface area contributed by atoms with E-state index in [0.717, 1.165) is 6.42 Å². The van der Waals surface area contributed by atoms with Crippen LogP contribution >= 0.6 is 0 Å². The molecule has 0 heterocycles. The van der Waals surface area contributed by atoms with Crippen LogP contribution < -0.4 is 0 Å². The lowest BCUT2D eigenvalue weighted by Crippen LogP contribution is -2.22. The van der Waals surface area contributed by atoms with E-state index in [1.165, 1.54) is 12.8 Å². The van der Waals surface area contributed by atoms with Crippen molar-refractivity contribution in [2.75, 3.05) is 6.61 Å². The van der Waals surface area contributed by atoms with Gasteiger partial charge in [0.2, 0.25) is 0 Å². The van der Waals surface area contributed by atoms with Crippen molar-refractivity contribution in [1.82, 2.24) is 0 Å². The lowest BCUT2D eigenvalue weighted by molar-refractivity contribution is 0.153. The topological polar surface area (TPSA) is 20.2 Å². The van der Waals surface area contributed by atoms with Gasteiger partial charge in [-0.15, -0.1) is 0 Å². The number of hydrogen-bond donors (Lipinski definition) is 1. The van der Waals surface area contributed by atoms with Crippen molar-refractivity contribution in [3.05, 3.63) is 0 Å². The molecule has 0 amide bonds. The highest BCUT2D eigenvalue weighted by atomic mass is 16.3. The monoisotopic (exact) mass is 142 g/mol. The van der Waals surface area contributed by atoms with Gasteiger partial charge in [-0.1, -0.05) is 20.8 Å². The van der Waals surface area contributed by atoms with E-state index in [4.69, 9.17) is 5.11 Å². The van der Waals surface area contributed by atoms with Crippen LogP contribution in [0.1, 0.15) is 40.0 Å². The molecule has 0 aliphatic heterocycles. The second kappa shape index (κ2) is 2.23. The van der Waals surface area contributed by atoms with Crippen molar-refractivity contribution in [2.45, 2.75) is 40.0 Å². The smallest absolute Gasteiger partial charge is 0.0436 e. The first kappa shape index (κ1) is 8.06. The minimum absolute atomic E-state index is 0.358. The zero-order chi connectivity index (χ0) is 7.83. The molecule has 1 heteroatoms. The molecule has 0 aromatic heterocycles. The van der Waals surface area contributed by atoms with Crippen LogP contribution in [0.25, 0.3) is 0 Å². The van der Waals surface area contributed by atoms with Crippen LogP contribution in [0, 0.1) is 10.8 Å². The normalized spacial score (nSPS) is 22.8. The molecular formula is C9H18O. The van der Waals surface area contributed by atoms with Crippen LogP contribution in [0.15, 0.2) is 0 Å². The molecule has 0 aromatic rings. The van der Waals surface area contributed by atoms with E-state index in [0.29, 0.717) is 17.4 Å². The second-order valence-corrected chi connectivity index (χ2v) is 4.50. The fourth-order valence-electron chi connectivity index (χ4n) is 1.74. The standard InChI is InChI=1S/C9H18O/c1-8(2,3)9(4-5-9)6-7-10/h10H,4-7H2,1-3H3. The number of hydrogen-bond acceptors (Lipinski definition) is 1. The van der Waals surface area contributed by atoms with Crippen LogP contribution in [0.4, 0.5) is 0 Å². The molecule has 1 aliphatic rings. The molecule has 0 unspecified atom stereocenters. The molecule has 1 rings (SSSR count). The Bertz CT molecular complexity index is 117. The highest BCUT2D eigenvalue weighted by molar-refractivity contribution is 5.00. The Morgan fingerprint density at radius 2 is 1.80 bits per heavy atom. The molecule has 0 atom stereocenters. The van der Waals surface area contributed by atoms with E-state index in [9.17, 15) is 0 Å². The largest absolute Gasteiger partial charge is 0.396 e. The highest BCUT2D eigenvalue weighted by Gasteiger charge is 2.50. The van der Waals surface area contributed by atoms with Crippen molar-refractivity contribution in [3.63, 3.8) is 0 Å². The number of rotatable bonds is 2. The van der Waals surface area contributed by atoms with Gasteiger partial charge in [0.1, 0.15) is 0 Å². The summed E-state index contributed by atoms with van der Waals surface area (Å²) in [6, 6.07) is 0. The first-order chi connectivity index (χ1) is 4.52. The SMILES string of the molecule is CC(C)(C)C1(CCO)CC1. The van der Waals surface area contributed by atoms with Crippen LogP contribution in [0.2, 0.25) is 0 Å². The highest BCUT2D eigenvalue weighted by Crippen LogP contribution is 2.60. The van der Waals surface area contributed by atoms with Crippen molar-refractivity contribution < 1.29 is 5.11 Å². The number of aliphatic hydroxyl groups is 1. The van der Waals surface area contributed by atoms with Gasteiger partial charge in [-0.2, -0.15) is 0 Å². The molecule has 1 nitrogen and oxygen atoms in total. The average molecular weight is 142 g/mol. The van der Waals surface area contributed by atoms with Gasteiger partial charge < -0.3 is 5.11 Å². The molecule has 1 N–H and O–H groups in total.